The Morgan fingerprint density at radius 3 is 2.12 bits per heavy atom. The minimum absolute atomic E-state index is 0.0567. The van der Waals surface area contributed by atoms with E-state index in [1.807, 2.05) is 38.2 Å². The largest absolute Gasteiger partial charge is 0.477 e. The maximum absolute atomic E-state index is 11.0. The molecule has 0 saturated heterocycles. The van der Waals surface area contributed by atoms with Crippen LogP contribution in [0.4, 0.5) is 0 Å². The van der Waals surface area contributed by atoms with Crippen molar-refractivity contribution in [3.8, 4) is 0 Å². The molecule has 0 heterocycles. The highest BCUT2D eigenvalue weighted by atomic mass is 16.4. The van der Waals surface area contributed by atoms with Crippen LogP contribution in [0.1, 0.15) is 20.8 Å². The van der Waals surface area contributed by atoms with E-state index < -0.39 is 22.9 Å². The van der Waals surface area contributed by atoms with E-state index in [1.54, 1.807) is 6.92 Å². The molecule has 0 radical (unpaired) electrons. The molecule has 0 aromatic heterocycles. The van der Waals surface area contributed by atoms with Gasteiger partial charge in [-0.25, -0.2) is 9.59 Å². The lowest BCUT2D eigenvalue weighted by Crippen LogP contribution is -2.29. The van der Waals surface area contributed by atoms with Crippen molar-refractivity contribution in [1.29, 1.82) is 0 Å². The smallest absolute Gasteiger partial charge is 0.343 e. The average Bonchev–Trinajstić information content (AvgIpc) is 2.21. The molecule has 0 aliphatic heterocycles. The summed E-state index contributed by atoms with van der Waals surface area (Å²) in [5.74, 6) is -2.74. The lowest BCUT2D eigenvalue weighted by Gasteiger charge is -2.34. The van der Waals surface area contributed by atoms with Gasteiger partial charge in [0.2, 0.25) is 0 Å². The van der Waals surface area contributed by atoms with Gasteiger partial charge in [-0.2, -0.15) is 0 Å². The molecule has 1 aliphatic rings. The fourth-order valence-electron chi connectivity index (χ4n) is 1.99. The fourth-order valence-corrected chi connectivity index (χ4v) is 1.99. The number of carbonyl (C=O) groups is 2. The maximum atomic E-state index is 11.0. The summed E-state index contributed by atoms with van der Waals surface area (Å²) in [6.07, 6.45) is 7.47. The Hall–Kier alpha value is -1.84. The SMILES string of the molecule is CC(=C(C(=O)O)C(=O)O)C1(C)C=CC=CC1C. The van der Waals surface area contributed by atoms with Gasteiger partial charge < -0.3 is 10.2 Å². The molecule has 0 aromatic carbocycles. The third-order valence-electron chi connectivity index (χ3n) is 3.51. The molecule has 4 heteroatoms. The highest BCUT2D eigenvalue weighted by molar-refractivity contribution is 6.13. The van der Waals surface area contributed by atoms with Crippen LogP contribution in [0.5, 0.6) is 0 Å². The first-order chi connectivity index (χ1) is 7.80. The predicted molar refractivity (Wildman–Crippen MR) is 63.5 cm³/mol. The molecule has 92 valence electrons. The first-order valence-corrected chi connectivity index (χ1v) is 5.34. The summed E-state index contributed by atoms with van der Waals surface area (Å²) >= 11 is 0. The molecule has 0 fully saturated rings. The van der Waals surface area contributed by atoms with Crippen molar-refractivity contribution in [1.82, 2.24) is 0 Å². The predicted octanol–water partition coefficient (Wildman–Crippen LogP) is 2.24. The summed E-state index contributed by atoms with van der Waals surface area (Å²) in [4.78, 5) is 22.0. The first-order valence-electron chi connectivity index (χ1n) is 5.34. The number of carboxylic acids is 2. The van der Waals surface area contributed by atoms with E-state index in [4.69, 9.17) is 10.2 Å². The summed E-state index contributed by atoms with van der Waals surface area (Å²) in [6, 6.07) is 0. The van der Waals surface area contributed by atoms with E-state index in [0.717, 1.165) is 0 Å². The Morgan fingerprint density at radius 2 is 1.71 bits per heavy atom. The molecule has 0 saturated carbocycles. The van der Waals surface area contributed by atoms with Gasteiger partial charge in [-0.3, -0.25) is 0 Å². The van der Waals surface area contributed by atoms with Gasteiger partial charge in [0.25, 0.3) is 0 Å². The van der Waals surface area contributed by atoms with Crippen LogP contribution >= 0.6 is 0 Å². The number of allylic oxidation sites excluding steroid dienone is 5. The molecule has 0 bridgehead atoms. The quantitative estimate of drug-likeness (QED) is 0.447. The van der Waals surface area contributed by atoms with Gasteiger partial charge in [0.05, 0.1) is 0 Å². The molecule has 17 heavy (non-hydrogen) atoms. The Labute approximate surface area is 100.0 Å². The first kappa shape index (κ1) is 13.2. The van der Waals surface area contributed by atoms with Gasteiger partial charge in [0.1, 0.15) is 5.57 Å². The van der Waals surface area contributed by atoms with Crippen LogP contribution in [0.25, 0.3) is 0 Å². The van der Waals surface area contributed by atoms with Crippen LogP contribution in [0.3, 0.4) is 0 Å². The molecular weight excluding hydrogens is 220 g/mol. The summed E-state index contributed by atoms with van der Waals surface area (Å²) in [5, 5.41) is 17.9. The molecule has 0 spiro atoms. The molecule has 2 unspecified atom stereocenters. The third kappa shape index (κ3) is 2.30. The van der Waals surface area contributed by atoms with E-state index in [2.05, 4.69) is 0 Å². The Morgan fingerprint density at radius 1 is 1.18 bits per heavy atom. The zero-order valence-corrected chi connectivity index (χ0v) is 10.1. The summed E-state index contributed by atoms with van der Waals surface area (Å²) in [5.41, 5.74) is -0.745. The molecule has 0 amide bonds. The Kier molecular flexibility index (Phi) is 3.56. The fraction of sp³-hybridized carbons (Fsp3) is 0.385. The summed E-state index contributed by atoms with van der Waals surface area (Å²) < 4.78 is 0. The molecule has 0 aromatic rings. The van der Waals surface area contributed by atoms with Crippen LogP contribution in [0, 0.1) is 11.3 Å². The van der Waals surface area contributed by atoms with Crippen LogP contribution in [0.2, 0.25) is 0 Å². The highest BCUT2D eigenvalue weighted by Crippen LogP contribution is 2.41. The van der Waals surface area contributed by atoms with E-state index in [-0.39, 0.29) is 5.92 Å². The molecule has 2 N–H and O–H groups in total. The monoisotopic (exact) mass is 236 g/mol. The maximum Gasteiger partial charge on any atom is 0.343 e. The van der Waals surface area contributed by atoms with Crippen molar-refractivity contribution in [3.63, 3.8) is 0 Å². The van der Waals surface area contributed by atoms with E-state index in [9.17, 15) is 9.59 Å². The van der Waals surface area contributed by atoms with Crippen molar-refractivity contribution < 1.29 is 19.8 Å². The number of rotatable bonds is 3. The minimum atomic E-state index is -1.40. The van der Waals surface area contributed by atoms with Crippen molar-refractivity contribution in [2.24, 2.45) is 11.3 Å². The van der Waals surface area contributed by atoms with Crippen molar-refractivity contribution in [3.05, 3.63) is 35.5 Å². The van der Waals surface area contributed by atoms with Gasteiger partial charge in [-0.1, -0.05) is 38.2 Å². The zero-order chi connectivity index (χ0) is 13.2. The second-order valence-electron chi connectivity index (χ2n) is 4.43. The van der Waals surface area contributed by atoms with E-state index >= 15 is 0 Å². The van der Waals surface area contributed by atoms with Gasteiger partial charge in [0, 0.05) is 5.41 Å². The average molecular weight is 236 g/mol. The number of aliphatic carboxylic acids is 2. The molecule has 1 rings (SSSR count). The van der Waals surface area contributed by atoms with Gasteiger partial charge >= 0.3 is 11.9 Å². The summed E-state index contributed by atoms with van der Waals surface area (Å²) in [7, 11) is 0. The lowest BCUT2D eigenvalue weighted by atomic mass is 9.69. The van der Waals surface area contributed by atoms with Gasteiger partial charge in [-0.05, 0) is 18.4 Å². The van der Waals surface area contributed by atoms with Gasteiger partial charge in [-0.15, -0.1) is 0 Å². The van der Waals surface area contributed by atoms with Crippen molar-refractivity contribution in [2.45, 2.75) is 20.8 Å². The molecule has 1 aliphatic carbocycles. The normalized spacial score (nSPS) is 26.6. The van der Waals surface area contributed by atoms with Crippen LogP contribution in [0.15, 0.2) is 35.5 Å². The second kappa shape index (κ2) is 4.57. The van der Waals surface area contributed by atoms with Crippen molar-refractivity contribution >= 4 is 11.9 Å². The minimum Gasteiger partial charge on any atom is -0.477 e. The number of hydrogen-bond acceptors (Lipinski definition) is 2. The topological polar surface area (TPSA) is 74.6 Å². The van der Waals surface area contributed by atoms with E-state index in [1.165, 1.54) is 0 Å². The lowest BCUT2D eigenvalue weighted by molar-refractivity contribution is -0.140. The molecular formula is C13H16O4. The van der Waals surface area contributed by atoms with Crippen LogP contribution in [-0.2, 0) is 9.59 Å². The standard InChI is InChI=1S/C13H16O4/c1-8-6-4-5-7-13(8,3)9(2)10(11(14)15)12(16)17/h4-8H,1-3H3,(H,14,15)(H,16,17). The second-order valence-corrected chi connectivity index (χ2v) is 4.43. The van der Waals surface area contributed by atoms with Crippen molar-refractivity contribution in [2.75, 3.05) is 0 Å². The third-order valence-corrected chi connectivity index (χ3v) is 3.51. The molecule has 2 atom stereocenters. The van der Waals surface area contributed by atoms with Crippen LogP contribution in [-0.4, -0.2) is 22.2 Å². The van der Waals surface area contributed by atoms with Gasteiger partial charge in [0.15, 0.2) is 0 Å². The van der Waals surface area contributed by atoms with E-state index in [0.29, 0.717) is 5.57 Å². The number of carboxylic acid groups (broad SMARTS) is 2. The highest BCUT2D eigenvalue weighted by Gasteiger charge is 2.35. The zero-order valence-electron chi connectivity index (χ0n) is 10.1. The Balaban J connectivity index is 3.35. The molecule has 4 nitrogen and oxygen atoms in total. The summed E-state index contributed by atoms with van der Waals surface area (Å²) in [6.45, 7) is 5.35. The number of hydrogen-bond donors (Lipinski definition) is 2. The van der Waals surface area contributed by atoms with Crippen LogP contribution < -0.4 is 0 Å². The Bertz CT molecular complexity index is 426.